The highest BCUT2D eigenvalue weighted by atomic mass is 32.2. The van der Waals surface area contributed by atoms with Crippen LogP contribution in [0.15, 0.2) is 48.7 Å². The first-order valence-electron chi connectivity index (χ1n) is 7.59. The van der Waals surface area contributed by atoms with Crippen molar-refractivity contribution in [2.24, 2.45) is 0 Å². The van der Waals surface area contributed by atoms with E-state index < -0.39 is 21.2 Å². The monoisotopic (exact) mass is 348 g/mol. The van der Waals surface area contributed by atoms with E-state index in [1.807, 2.05) is 23.8 Å². The fourth-order valence-electron chi connectivity index (χ4n) is 2.02. The van der Waals surface area contributed by atoms with Crippen LogP contribution in [0, 0.1) is 0 Å². The van der Waals surface area contributed by atoms with E-state index in [1.54, 1.807) is 30.3 Å². The second kappa shape index (κ2) is 7.92. The Morgan fingerprint density at radius 2 is 1.92 bits per heavy atom. The Morgan fingerprint density at radius 3 is 2.50 bits per heavy atom. The van der Waals surface area contributed by atoms with E-state index in [0.717, 1.165) is 12.0 Å². The number of nitrogens with one attached hydrogen (secondary N) is 1. The zero-order valence-corrected chi connectivity index (χ0v) is 14.4. The fraction of sp³-hybridized carbons (Fsp3) is 0.294. The van der Waals surface area contributed by atoms with Crippen molar-refractivity contribution in [1.29, 1.82) is 0 Å². The first-order valence-corrected chi connectivity index (χ1v) is 9.14. The molecule has 1 heterocycles. The Balaban J connectivity index is 1.93. The number of aryl methyl sites for hydroxylation is 1. The predicted octanol–water partition coefficient (Wildman–Crippen LogP) is 2.23. The maximum Gasteiger partial charge on any atom is 0.271 e. The highest BCUT2D eigenvalue weighted by Crippen LogP contribution is 2.18. The van der Waals surface area contributed by atoms with Crippen molar-refractivity contribution in [1.82, 2.24) is 9.71 Å². The van der Waals surface area contributed by atoms with E-state index in [-0.39, 0.29) is 6.61 Å². The van der Waals surface area contributed by atoms with E-state index in [0.29, 0.717) is 11.4 Å². The minimum absolute atomic E-state index is 0.369. The minimum Gasteiger partial charge on any atom is -0.484 e. The van der Waals surface area contributed by atoms with Gasteiger partial charge in [0.25, 0.3) is 5.91 Å². The molecule has 24 heavy (non-hydrogen) atoms. The standard InChI is InChI=1S/C17H20N2O4S/c1-3-14-7-9-15(10-8-14)23-12-17(20)19-24(21,22)13(2)16-6-4-5-11-18-16/h4-11,13H,3,12H2,1-2H3,(H,19,20). The van der Waals surface area contributed by atoms with Crippen LogP contribution in [0.4, 0.5) is 0 Å². The maximum absolute atomic E-state index is 12.2. The number of pyridine rings is 1. The molecular weight excluding hydrogens is 328 g/mol. The number of benzene rings is 1. The number of carbonyl (C=O) groups excluding carboxylic acids is 1. The molecule has 1 aromatic carbocycles. The molecule has 0 aliphatic carbocycles. The van der Waals surface area contributed by atoms with Crippen LogP contribution in [0.1, 0.15) is 30.4 Å². The van der Waals surface area contributed by atoms with Crippen LogP contribution in [0.2, 0.25) is 0 Å². The lowest BCUT2D eigenvalue weighted by Gasteiger charge is -2.13. The van der Waals surface area contributed by atoms with Gasteiger partial charge in [0.15, 0.2) is 6.61 Å². The van der Waals surface area contributed by atoms with Crippen molar-refractivity contribution in [3.05, 3.63) is 59.9 Å². The molecule has 1 aromatic heterocycles. The fourth-order valence-corrected chi connectivity index (χ4v) is 3.03. The smallest absolute Gasteiger partial charge is 0.271 e. The zero-order valence-electron chi connectivity index (χ0n) is 13.6. The molecule has 1 N–H and O–H groups in total. The number of nitrogens with zero attached hydrogens (tertiary/aromatic N) is 1. The number of amides is 1. The molecular formula is C17H20N2O4S. The minimum atomic E-state index is -3.87. The lowest BCUT2D eigenvalue weighted by molar-refractivity contribution is -0.121. The average Bonchev–Trinajstić information content (AvgIpc) is 2.60. The molecule has 0 radical (unpaired) electrons. The van der Waals surface area contributed by atoms with Crippen LogP contribution in [-0.4, -0.2) is 25.9 Å². The topological polar surface area (TPSA) is 85.4 Å². The quantitative estimate of drug-likeness (QED) is 0.829. The van der Waals surface area contributed by atoms with Crippen LogP contribution in [0.3, 0.4) is 0 Å². The van der Waals surface area contributed by atoms with Crippen molar-refractivity contribution in [3.63, 3.8) is 0 Å². The van der Waals surface area contributed by atoms with Crippen LogP contribution in [0.25, 0.3) is 0 Å². The second-order valence-corrected chi connectivity index (χ2v) is 7.25. The third-order valence-electron chi connectivity index (χ3n) is 3.53. The number of ether oxygens (including phenoxy) is 1. The van der Waals surface area contributed by atoms with Gasteiger partial charge in [-0.2, -0.15) is 0 Å². The summed E-state index contributed by atoms with van der Waals surface area (Å²) in [5, 5.41) is -0.938. The summed E-state index contributed by atoms with van der Waals surface area (Å²) in [6, 6.07) is 12.3. The lowest BCUT2D eigenvalue weighted by atomic mass is 10.2. The Kier molecular flexibility index (Phi) is 5.92. The maximum atomic E-state index is 12.2. The summed E-state index contributed by atoms with van der Waals surface area (Å²) < 4.78 is 31.7. The number of sulfonamides is 1. The van der Waals surface area contributed by atoms with Gasteiger partial charge in [0, 0.05) is 6.20 Å². The molecule has 0 bridgehead atoms. The lowest BCUT2D eigenvalue weighted by Crippen LogP contribution is -2.36. The molecule has 0 saturated carbocycles. The molecule has 6 nitrogen and oxygen atoms in total. The van der Waals surface area contributed by atoms with Crippen molar-refractivity contribution in [3.8, 4) is 5.75 Å². The summed E-state index contributed by atoms with van der Waals surface area (Å²) in [4.78, 5) is 15.9. The van der Waals surface area contributed by atoms with Gasteiger partial charge in [-0.1, -0.05) is 25.1 Å². The number of carbonyl (C=O) groups is 1. The Morgan fingerprint density at radius 1 is 1.21 bits per heavy atom. The summed E-state index contributed by atoms with van der Waals surface area (Å²) in [7, 11) is -3.87. The molecule has 1 atom stereocenters. The van der Waals surface area contributed by atoms with E-state index in [1.165, 1.54) is 13.1 Å². The SMILES string of the molecule is CCc1ccc(OCC(=O)NS(=O)(=O)C(C)c2ccccn2)cc1. The van der Waals surface area contributed by atoms with Gasteiger partial charge < -0.3 is 4.74 Å². The second-order valence-electron chi connectivity index (χ2n) is 5.25. The third kappa shape index (κ3) is 4.79. The molecule has 0 fully saturated rings. The van der Waals surface area contributed by atoms with Crippen molar-refractivity contribution < 1.29 is 17.9 Å². The van der Waals surface area contributed by atoms with E-state index in [2.05, 4.69) is 4.98 Å². The Hall–Kier alpha value is -2.41. The van der Waals surface area contributed by atoms with Gasteiger partial charge in [-0.25, -0.2) is 13.1 Å². The van der Waals surface area contributed by atoms with Crippen molar-refractivity contribution in [2.45, 2.75) is 25.5 Å². The number of hydrogen-bond acceptors (Lipinski definition) is 5. The third-order valence-corrected chi connectivity index (χ3v) is 5.21. The summed E-state index contributed by atoms with van der Waals surface area (Å²) in [6.07, 6.45) is 2.41. The van der Waals surface area contributed by atoms with Gasteiger partial charge >= 0.3 is 0 Å². The van der Waals surface area contributed by atoms with E-state index >= 15 is 0 Å². The van der Waals surface area contributed by atoms with E-state index in [4.69, 9.17) is 4.74 Å². The van der Waals surface area contributed by atoms with Crippen LogP contribution >= 0.6 is 0 Å². The normalized spacial score (nSPS) is 12.4. The van der Waals surface area contributed by atoms with Gasteiger partial charge in [0.1, 0.15) is 11.0 Å². The Labute approximate surface area is 141 Å². The molecule has 0 spiro atoms. The molecule has 7 heteroatoms. The highest BCUT2D eigenvalue weighted by molar-refractivity contribution is 7.90. The summed E-state index contributed by atoms with van der Waals surface area (Å²) in [5.41, 5.74) is 1.52. The first kappa shape index (κ1) is 17.9. The van der Waals surface area contributed by atoms with Gasteiger partial charge in [-0.3, -0.25) is 9.78 Å². The van der Waals surface area contributed by atoms with Crippen molar-refractivity contribution in [2.75, 3.05) is 6.61 Å². The predicted molar refractivity (Wildman–Crippen MR) is 91.0 cm³/mol. The van der Waals surface area contributed by atoms with Gasteiger partial charge in [-0.05, 0) is 43.2 Å². The zero-order chi connectivity index (χ0) is 17.6. The van der Waals surface area contributed by atoms with Gasteiger partial charge in [0.2, 0.25) is 10.0 Å². The number of hydrogen-bond donors (Lipinski definition) is 1. The van der Waals surface area contributed by atoms with Gasteiger partial charge in [0.05, 0.1) is 5.69 Å². The number of rotatable bonds is 7. The van der Waals surface area contributed by atoms with E-state index in [9.17, 15) is 13.2 Å². The first-order chi connectivity index (χ1) is 11.4. The van der Waals surface area contributed by atoms with Crippen LogP contribution in [0.5, 0.6) is 5.75 Å². The molecule has 1 amide bonds. The summed E-state index contributed by atoms with van der Waals surface area (Å²) in [5.74, 6) is -0.213. The summed E-state index contributed by atoms with van der Waals surface area (Å²) >= 11 is 0. The molecule has 1 unspecified atom stereocenters. The van der Waals surface area contributed by atoms with Gasteiger partial charge in [-0.15, -0.1) is 0 Å². The molecule has 2 rings (SSSR count). The van der Waals surface area contributed by atoms with Crippen molar-refractivity contribution >= 4 is 15.9 Å². The molecule has 2 aromatic rings. The molecule has 0 aliphatic heterocycles. The molecule has 0 saturated heterocycles. The highest BCUT2D eigenvalue weighted by Gasteiger charge is 2.25. The average molecular weight is 348 g/mol. The molecule has 0 aliphatic rings. The van der Waals surface area contributed by atoms with Crippen LogP contribution < -0.4 is 9.46 Å². The summed E-state index contributed by atoms with van der Waals surface area (Å²) in [6.45, 7) is 3.14. The van der Waals surface area contributed by atoms with Crippen LogP contribution in [-0.2, 0) is 21.2 Å². The largest absolute Gasteiger partial charge is 0.484 e. The Bertz CT molecular complexity index is 774. The molecule has 128 valence electrons. The number of aromatic nitrogens is 1.